The molecule has 21 heavy (non-hydrogen) atoms. The quantitative estimate of drug-likeness (QED) is 0.925. The molecular weight excluding hydrogens is 311 g/mol. The van der Waals surface area contributed by atoms with Crippen LogP contribution in [0.5, 0.6) is 5.75 Å². The van der Waals surface area contributed by atoms with Crippen molar-refractivity contribution in [2.45, 2.75) is 32.9 Å². The van der Waals surface area contributed by atoms with Crippen LogP contribution in [0.15, 0.2) is 18.2 Å². The molecule has 0 radical (unpaired) electrons. The zero-order valence-electron chi connectivity index (χ0n) is 12.6. The van der Waals surface area contributed by atoms with Crippen molar-refractivity contribution < 1.29 is 9.53 Å². The largest absolute Gasteiger partial charge is 0.479 e. The standard InChI is InChI=1S/C15H21ClN2O2.ClH/c1-10-4-5-13(16)14(8-10)20-12(3)15(19)18-7-6-17-9-11(18)2;/h4-5,8,11-12,17H,6-7,9H2,1-3H3;1H/t11-,12?;/m1./s1. The minimum Gasteiger partial charge on any atom is -0.479 e. The van der Waals surface area contributed by atoms with Crippen LogP contribution in [0.3, 0.4) is 0 Å². The molecule has 1 aromatic carbocycles. The summed E-state index contributed by atoms with van der Waals surface area (Å²) in [5.41, 5.74) is 1.06. The first-order valence-corrected chi connectivity index (χ1v) is 7.31. The third-order valence-corrected chi connectivity index (χ3v) is 3.83. The van der Waals surface area contributed by atoms with E-state index in [1.165, 1.54) is 0 Å². The molecule has 0 bridgehead atoms. The molecule has 0 spiro atoms. The van der Waals surface area contributed by atoms with Crippen molar-refractivity contribution in [1.82, 2.24) is 10.2 Å². The molecule has 2 rings (SSSR count). The van der Waals surface area contributed by atoms with E-state index in [1.54, 1.807) is 13.0 Å². The first-order chi connectivity index (χ1) is 9.49. The Hall–Kier alpha value is -0.970. The summed E-state index contributed by atoms with van der Waals surface area (Å²) in [5.74, 6) is 0.576. The van der Waals surface area contributed by atoms with Gasteiger partial charge in [0.15, 0.2) is 6.10 Å². The van der Waals surface area contributed by atoms with Crippen LogP contribution in [0.25, 0.3) is 0 Å². The summed E-state index contributed by atoms with van der Waals surface area (Å²) in [7, 11) is 0. The summed E-state index contributed by atoms with van der Waals surface area (Å²) in [6.45, 7) is 8.15. The Labute approximate surface area is 137 Å². The average molecular weight is 333 g/mol. The molecule has 6 heteroatoms. The topological polar surface area (TPSA) is 41.6 Å². The van der Waals surface area contributed by atoms with Crippen molar-refractivity contribution in [2.75, 3.05) is 19.6 Å². The van der Waals surface area contributed by atoms with Gasteiger partial charge < -0.3 is 15.0 Å². The molecule has 1 amide bonds. The lowest BCUT2D eigenvalue weighted by atomic mass is 10.2. The first-order valence-electron chi connectivity index (χ1n) is 6.93. The summed E-state index contributed by atoms with van der Waals surface area (Å²) in [4.78, 5) is 14.3. The van der Waals surface area contributed by atoms with E-state index in [0.29, 0.717) is 10.8 Å². The fourth-order valence-corrected chi connectivity index (χ4v) is 2.51. The van der Waals surface area contributed by atoms with E-state index in [4.69, 9.17) is 16.3 Å². The number of ether oxygens (including phenoxy) is 1. The van der Waals surface area contributed by atoms with Gasteiger partial charge in [-0.15, -0.1) is 12.4 Å². The Balaban J connectivity index is 0.00000220. The van der Waals surface area contributed by atoms with Crippen molar-refractivity contribution in [2.24, 2.45) is 0 Å². The number of nitrogens with one attached hydrogen (secondary N) is 1. The Kier molecular flexibility index (Phi) is 6.78. The predicted octanol–water partition coefficient (Wildman–Crippen LogP) is 2.66. The second-order valence-corrected chi connectivity index (χ2v) is 5.69. The number of carbonyl (C=O) groups is 1. The molecule has 1 N–H and O–H groups in total. The number of halogens is 2. The van der Waals surface area contributed by atoms with Gasteiger partial charge >= 0.3 is 0 Å². The Bertz CT molecular complexity index is 497. The van der Waals surface area contributed by atoms with E-state index >= 15 is 0 Å². The average Bonchev–Trinajstić information content (AvgIpc) is 2.42. The molecule has 0 saturated carbocycles. The zero-order chi connectivity index (χ0) is 14.7. The van der Waals surface area contributed by atoms with Gasteiger partial charge in [-0.1, -0.05) is 17.7 Å². The van der Waals surface area contributed by atoms with E-state index in [1.807, 2.05) is 30.9 Å². The fraction of sp³-hybridized carbons (Fsp3) is 0.533. The third kappa shape index (κ3) is 4.50. The predicted molar refractivity (Wildman–Crippen MR) is 87.6 cm³/mol. The summed E-state index contributed by atoms with van der Waals surface area (Å²) in [5, 5.41) is 3.80. The van der Waals surface area contributed by atoms with Crippen molar-refractivity contribution in [3.05, 3.63) is 28.8 Å². The zero-order valence-corrected chi connectivity index (χ0v) is 14.1. The van der Waals surface area contributed by atoms with Crippen LogP contribution < -0.4 is 10.1 Å². The lowest BCUT2D eigenvalue weighted by Gasteiger charge is -2.35. The second-order valence-electron chi connectivity index (χ2n) is 5.28. The van der Waals surface area contributed by atoms with Crippen LogP contribution in [0.1, 0.15) is 19.4 Å². The molecule has 1 fully saturated rings. The fourth-order valence-electron chi connectivity index (χ4n) is 2.34. The monoisotopic (exact) mass is 332 g/mol. The minimum absolute atomic E-state index is 0. The molecule has 0 aliphatic carbocycles. The van der Waals surface area contributed by atoms with Gasteiger partial charge in [0.25, 0.3) is 5.91 Å². The number of aryl methyl sites for hydroxylation is 1. The minimum atomic E-state index is -0.533. The number of nitrogens with zero attached hydrogens (tertiary/aromatic N) is 1. The number of carbonyl (C=O) groups excluding carboxylic acids is 1. The molecule has 2 atom stereocenters. The van der Waals surface area contributed by atoms with Gasteiger partial charge in [0.2, 0.25) is 0 Å². The summed E-state index contributed by atoms with van der Waals surface area (Å²) in [6.07, 6.45) is -0.533. The normalized spacial score (nSPS) is 19.6. The molecule has 1 aliphatic rings. The number of hydrogen-bond donors (Lipinski definition) is 1. The van der Waals surface area contributed by atoms with E-state index in [2.05, 4.69) is 5.32 Å². The van der Waals surface area contributed by atoms with Crippen molar-refractivity contribution in [3.8, 4) is 5.75 Å². The van der Waals surface area contributed by atoms with E-state index in [-0.39, 0.29) is 24.4 Å². The highest BCUT2D eigenvalue weighted by molar-refractivity contribution is 6.32. The van der Waals surface area contributed by atoms with Crippen LogP contribution in [0.4, 0.5) is 0 Å². The highest BCUT2D eigenvalue weighted by Crippen LogP contribution is 2.26. The van der Waals surface area contributed by atoms with E-state index in [9.17, 15) is 4.79 Å². The maximum absolute atomic E-state index is 12.4. The third-order valence-electron chi connectivity index (χ3n) is 3.52. The van der Waals surface area contributed by atoms with Gasteiger partial charge in [-0.3, -0.25) is 4.79 Å². The Morgan fingerprint density at radius 3 is 2.90 bits per heavy atom. The lowest BCUT2D eigenvalue weighted by Crippen LogP contribution is -2.55. The maximum Gasteiger partial charge on any atom is 0.263 e. The molecule has 1 saturated heterocycles. The van der Waals surface area contributed by atoms with Gasteiger partial charge in [-0.2, -0.15) is 0 Å². The van der Waals surface area contributed by atoms with Gasteiger partial charge in [-0.25, -0.2) is 0 Å². The highest BCUT2D eigenvalue weighted by Gasteiger charge is 2.28. The van der Waals surface area contributed by atoms with Gasteiger partial charge in [0.05, 0.1) is 5.02 Å². The Morgan fingerprint density at radius 1 is 1.52 bits per heavy atom. The number of amides is 1. The van der Waals surface area contributed by atoms with Crippen molar-refractivity contribution >= 4 is 29.9 Å². The van der Waals surface area contributed by atoms with E-state index in [0.717, 1.165) is 25.2 Å². The van der Waals surface area contributed by atoms with Crippen molar-refractivity contribution in [3.63, 3.8) is 0 Å². The van der Waals surface area contributed by atoms with Crippen LogP contribution >= 0.6 is 24.0 Å². The molecule has 1 unspecified atom stereocenters. The summed E-state index contributed by atoms with van der Waals surface area (Å²) in [6, 6.07) is 5.75. The lowest BCUT2D eigenvalue weighted by molar-refractivity contribution is -0.140. The van der Waals surface area contributed by atoms with Gasteiger partial charge in [0.1, 0.15) is 5.75 Å². The molecule has 0 aromatic heterocycles. The molecule has 4 nitrogen and oxygen atoms in total. The molecule has 118 valence electrons. The second kappa shape index (κ2) is 7.87. The van der Waals surface area contributed by atoms with Gasteiger partial charge in [-0.05, 0) is 38.5 Å². The summed E-state index contributed by atoms with van der Waals surface area (Å²) >= 11 is 6.10. The van der Waals surface area contributed by atoms with E-state index < -0.39 is 6.10 Å². The maximum atomic E-state index is 12.4. The number of hydrogen-bond acceptors (Lipinski definition) is 3. The number of rotatable bonds is 3. The van der Waals surface area contributed by atoms with Crippen LogP contribution in [0.2, 0.25) is 5.02 Å². The Morgan fingerprint density at radius 2 is 2.24 bits per heavy atom. The molecule has 1 aromatic rings. The molecule has 1 aliphatic heterocycles. The molecular formula is C15H22Cl2N2O2. The number of benzene rings is 1. The van der Waals surface area contributed by atoms with Gasteiger partial charge in [0, 0.05) is 25.7 Å². The van der Waals surface area contributed by atoms with Crippen LogP contribution in [-0.2, 0) is 4.79 Å². The van der Waals surface area contributed by atoms with Crippen molar-refractivity contribution in [1.29, 1.82) is 0 Å². The first kappa shape index (κ1) is 18.1. The molecule has 1 heterocycles. The highest BCUT2D eigenvalue weighted by atomic mass is 35.5. The SMILES string of the molecule is Cc1ccc(Cl)c(OC(C)C(=O)N2CCNC[C@H]2C)c1.Cl. The summed E-state index contributed by atoms with van der Waals surface area (Å²) < 4.78 is 5.75. The smallest absolute Gasteiger partial charge is 0.263 e. The van der Waals surface area contributed by atoms with Crippen LogP contribution in [-0.4, -0.2) is 42.6 Å². The van der Waals surface area contributed by atoms with Crippen LogP contribution in [0, 0.1) is 6.92 Å². The number of piperazine rings is 1.